The summed E-state index contributed by atoms with van der Waals surface area (Å²) in [4.78, 5) is 22.4. The average Bonchev–Trinajstić information content (AvgIpc) is 3.31. The minimum atomic E-state index is -0.191. The molecule has 10 heteroatoms. The minimum Gasteiger partial charge on any atom is -0.497 e. The van der Waals surface area contributed by atoms with Gasteiger partial charge in [0, 0.05) is 13.2 Å². The molecule has 0 fully saturated rings. The Bertz CT molecular complexity index is 1320. The van der Waals surface area contributed by atoms with Gasteiger partial charge in [-0.2, -0.15) is 4.98 Å². The number of hydrogen-bond donors (Lipinski definition) is 0. The van der Waals surface area contributed by atoms with Crippen molar-refractivity contribution in [2.45, 2.75) is 23.9 Å². The Hall–Kier alpha value is -3.37. The SMILES string of the molecule is COCC(C)n1c(SCc2nc(-c3ccc(OC)cc3OC)no2)nc2ccccc2c1=O. The van der Waals surface area contributed by atoms with E-state index in [1.807, 2.05) is 31.2 Å². The largest absolute Gasteiger partial charge is 0.497 e. The van der Waals surface area contributed by atoms with Crippen molar-refractivity contribution in [3.63, 3.8) is 0 Å². The predicted molar refractivity (Wildman–Crippen MR) is 125 cm³/mol. The van der Waals surface area contributed by atoms with Gasteiger partial charge in [-0.05, 0) is 31.2 Å². The fourth-order valence-electron chi connectivity index (χ4n) is 3.46. The quantitative estimate of drug-likeness (QED) is 0.267. The summed E-state index contributed by atoms with van der Waals surface area (Å²) >= 11 is 1.36. The molecule has 33 heavy (non-hydrogen) atoms. The lowest BCUT2D eigenvalue weighted by atomic mass is 10.2. The van der Waals surface area contributed by atoms with Crippen LogP contribution in [0.1, 0.15) is 18.9 Å². The fourth-order valence-corrected chi connectivity index (χ4v) is 4.40. The summed E-state index contributed by atoms with van der Waals surface area (Å²) in [6.07, 6.45) is 0. The second-order valence-electron chi connectivity index (χ2n) is 7.26. The van der Waals surface area contributed by atoms with E-state index < -0.39 is 0 Å². The molecule has 1 unspecified atom stereocenters. The first-order valence-electron chi connectivity index (χ1n) is 10.2. The molecule has 0 aliphatic carbocycles. The lowest BCUT2D eigenvalue weighted by Crippen LogP contribution is -2.28. The van der Waals surface area contributed by atoms with Crippen LogP contribution in [0.15, 0.2) is 56.9 Å². The lowest BCUT2D eigenvalue weighted by molar-refractivity contribution is 0.156. The van der Waals surface area contributed by atoms with E-state index in [0.717, 1.165) is 0 Å². The summed E-state index contributed by atoms with van der Waals surface area (Å²) in [7, 11) is 4.77. The van der Waals surface area contributed by atoms with Crippen LogP contribution in [0.25, 0.3) is 22.3 Å². The number of rotatable bonds is 9. The summed E-state index contributed by atoms with van der Waals surface area (Å²) < 4.78 is 23.1. The van der Waals surface area contributed by atoms with Crippen LogP contribution in [0.4, 0.5) is 0 Å². The Morgan fingerprint density at radius 2 is 1.91 bits per heavy atom. The van der Waals surface area contributed by atoms with E-state index in [1.165, 1.54) is 11.8 Å². The monoisotopic (exact) mass is 468 g/mol. The number of hydrogen-bond acceptors (Lipinski definition) is 9. The van der Waals surface area contributed by atoms with Crippen LogP contribution in [0.3, 0.4) is 0 Å². The van der Waals surface area contributed by atoms with Crippen molar-refractivity contribution >= 4 is 22.7 Å². The van der Waals surface area contributed by atoms with Crippen LogP contribution in [-0.2, 0) is 10.5 Å². The molecule has 0 saturated carbocycles. The van der Waals surface area contributed by atoms with Crippen molar-refractivity contribution in [2.24, 2.45) is 0 Å². The Kier molecular flexibility index (Phi) is 6.95. The Balaban J connectivity index is 1.63. The third-order valence-corrected chi connectivity index (χ3v) is 6.00. The number of aromatic nitrogens is 4. The Labute approximate surface area is 194 Å². The second-order valence-corrected chi connectivity index (χ2v) is 8.20. The van der Waals surface area contributed by atoms with Gasteiger partial charge in [-0.3, -0.25) is 9.36 Å². The van der Waals surface area contributed by atoms with Crippen molar-refractivity contribution in [3.8, 4) is 22.9 Å². The summed E-state index contributed by atoms with van der Waals surface area (Å²) in [6, 6.07) is 12.5. The topological polar surface area (TPSA) is 102 Å². The maximum atomic E-state index is 13.2. The van der Waals surface area contributed by atoms with E-state index in [4.69, 9.17) is 23.7 Å². The molecular formula is C23H24N4O5S. The van der Waals surface area contributed by atoms with Crippen molar-refractivity contribution in [1.29, 1.82) is 0 Å². The molecular weight excluding hydrogens is 444 g/mol. The van der Waals surface area contributed by atoms with Crippen LogP contribution in [0.5, 0.6) is 11.5 Å². The molecule has 4 rings (SSSR count). The molecule has 0 amide bonds. The predicted octanol–water partition coefficient (Wildman–Crippen LogP) is 3.96. The second kappa shape index (κ2) is 10.1. The van der Waals surface area contributed by atoms with E-state index in [0.29, 0.717) is 57.2 Å². The first-order chi connectivity index (χ1) is 16.0. The number of ether oxygens (including phenoxy) is 3. The zero-order valence-electron chi connectivity index (χ0n) is 18.8. The van der Waals surface area contributed by atoms with E-state index in [2.05, 4.69) is 10.1 Å². The number of benzene rings is 2. The average molecular weight is 469 g/mol. The van der Waals surface area contributed by atoms with Gasteiger partial charge in [0.05, 0.1) is 49.1 Å². The number of fused-ring (bicyclic) bond motifs is 1. The highest BCUT2D eigenvalue weighted by Gasteiger charge is 2.19. The van der Waals surface area contributed by atoms with Crippen LogP contribution >= 0.6 is 11.8 Å². The highest BCUT2D eigenvalue weighted by atomic mass is 32.2. The van der Waals surface area contributed by atoms with Gasteiger partial charge >= 0.3 is 0 Å². The van der Waals surface area contributed by atoms with Crippen molar-refractivity contribution in [2.75, 3.05) is 27.9 Å². The summed E-state index contributed by atoms with van der Waals surface area (Å²) in [5.74, 6) is 2.40. The standard InChI is InChI=1S/C23H24N4O5S/c1-14(12-29-2)27-22(28)16-7-5-6-8-18(16)24-23(27)33-13-20-25-21(26-32-20)17-10-9-15(30-3)11-19(17)31-4/h5-11,14H,12-13H2,1-4H3. The van der Waals surface area contributed by atoms with Gasteiger partial charge in [-0.25, -0.2) is 4.98 Å². The number of para-hydroxylation sites is 1. The molecule has 0 spiro atoms. The number of nitrogens with zero attached hydrogens (tertiary/aromatic N) is 4. The van der Waals surface area contributed by atoms with Crippen LogP contribution < -0.4 is 15.0 Å². The van der Waals surface area contributed by atoms with Crippen LogP contribution in [0, 0.1) is 0 Å². The molecule has 0 N–H and O–H groups in total. The highest BCUT2D eigenvalue weighted by molar-refractivity contribution is 7.98. The number of thioether (sulfide) groups is 1. The zero-order valence-corrected chi connectivity index (χ0v) is 19.6. The summed E-state index contributed by atoms with van der Waals surface area (Å²) in [5, 5.41) is 5.21. The Morgan fingerprint density at radius 3 is 2.67 bits per heavy atom. The zero-order chi connectivity index (χ0) is 23.4. The lowest BCUT2D eigenvalue weighted by Gasteiger charge is -2.18. The first kappa shape index (κ1) is 22.8. The van der Waals surface area contributed by atoms with Gasteiger partial charge in [-0.1, -0.05) is 29.1 Å². The maximum absolute atomic E-state index is 13.2. The smallest absolute Gasteiger partial charge is 0.262 e. The summed E-state index contributed by atoms with van der Waals surface area (Å²) in [5.41, 5.74) is 1.22. The van der Waals surface area contributed by atoms with Gasteiger partial charge < -0.3 is 18.7 Å². The van der Waals surface area contributed by atoms with Crippen LogP contribution in [0.2, 0.25) is 0 Å². The fraction of sp³-hybridized carbons (Fsp3) is 0.304. The molecule has 2 aromatic carbocycles. The van der Waals surface area contributed by atoms with Gasteiger partial charge in [0.15, 0.2) is 5.16 Å². The van der Waals surface area contributed by atoms with Gasteiger partial charge in [0.1, 0.15) is 11.5 Å². The molecule has 0 aliphatic rings. The molecule has 0 radical (unpaired) electrons. The van der Waals surface area contributed by atoms with E-state index >= 15 is 0 Å². The van der Waals surface area contributed by atoms with Gasteiger partial charge in [0.25, 0.3) is 5.56 Å². The van der Waals surface area contributed by atoms with Gasteiger partial charge in [-0.15, -0.1) is 0 Å². The molecule has 2 heterocycles. The molecule has 9 nitrogen and oxygen atoms in total. The first-order valence-corrected chi connectivity index (χ1v) is 11.2. The van der Waals surface area contributed by atoms with E-state index in [-0.39, 0.29) is 11.6 Å². The Morgan fingerprint density at radius 1 is 1.09 bits per heavy atom. The summed E-state index contributed by atoms with van der Waals surface area (Å²) in [6.45, 7) is 2.31. The molecule has 0 bridgehead atoms. The van der Waals surface area contributed by atoms with Crippen molar-refractivity contribution in [3.05, 3.63) is 58.7 Å². The van der Waals surface area contributed by atoms with Crippen LogP contribution in [-0.4, -0.2) is 47.6 Å². The van der Waals surface area contributed by atoms with Crippen molar-refractivity contribution < 1.29 is 18.7 Å². The van der Waals surface area contributed by atoms with E-state index in [1.54, 1.807) is 44.1 Å². The van der Waals surface area contributed by atoms with Gasteiger partial charge in [0.2, 0.25) is 11.7 Å². The van der Waals surface area contributed by atoms with Crippen molar-refractivity contribution in [1.82, 2.24) is 19.7 Å². The third-order valence-electron chi connectivity index (χ3n) is 5.07. The molecule has 0 aliphatic heterocycles. The highest BCUT2D eigenvalue weighted by Crippen LogP contribution is 2.32. The molecule has 172 valence electrons. The third kappa shape index (κ3) is 4.71. The normalized spacial score (nSPS) is 12.1. The maximum Gasteiger partial charge on any atom is 0.262 e. The molecule has 4 aromatic rings. The minimum absolute atomic E-state index is 0.109. The molecule has 2 aromatic heterocycles. The number of methoxy groups -OCH3 is 3. The molecule has 1 atom stereocenters. The van der Waals surface area contributed by atoms with E-state index in [9.17, 15) is 4.79 Å². The molecule has 0 saturated heterocycles.